The highest BCUT2D eigenvalue weighted by molar-refractivity contribution is 5.69. The Morgan fingerprint density at radius 1 is 0.844 bits per heavy atom. The molecule has 0 bridgehead atoms. The first-order valence-electron chi connectivity index (χ1n) is 11.9. The van der Waals surface area contributed by atoms with Crippen molar-refractivity contribution in [3.63, 3.8) is 0 Å². The minimum absolute atomic E-state index is 0.168. The van der Waals surface area contributed by atoms with Crippen LogP contribution in [0.15, 0.2) is 66.8 Å². The lowest BCUT2D eigenvalue weighted by atomic mass is 10.2. The number of benzene rings is 1. The average Bonchev–Trinajstić information content (AvgIpc) is 3.27. The third-order valence-corrected chi connectivity index (χ3v) is 5.05. The summed E-state index contributed by atoms with van der Waals surface area (Å²) in [6.07, 6.45) is 27.8. The summed E-state index contributed by atoms with van der Waals surface area (Å²) in [5.41, 5.74) is 0.906. The molecule has 4 heteroatoms. The fourth-order valence-electron chi connectivity index (χ4n) is 3.19. The number of esters is 1. The molecule has 4 nitrogen and oxygen atoms in total. The smallest absolute Gasteiger partial charge is 0.306 e. The molecular weight excluding hydrogens is 400 g/mol. The van der Waals surface area contributed by atoms with E-state index < -0.39 is 0 Å². The number of hydrogen-bond donors (Lipinski definition) is 0. The van der Waals surface area contributed by atoms with Crippen LogP contribution in [0.5, 0.6) is 11.5 Å². The van der Waals surface area contributed by atoms with Crippen LogP contribution in [-0.4, -0.2) is 12.8 Å². The van der Waals surface area contributed by atoms with E-state index in [-0.39, 0.29) is 19.4 Å². The van der Waals surface area contributed by atoms with Crippen LogP contribution in [0, 0.1) is 0 Å². The predicted octanol–water partition coefficient (Wildman–Crippen LogP) is 7.60. The van der Waals surface area contributed by atoms with E-state index in [2.05, 4.69) is 55.5 Å². The van der Waals surface area contributed by atoms with Crippen molar-refractivity contribution in [2.75, 3.05) is 6.79 Å². The number of unbranched alkanes of at least 4 members (excludes halogenated alkanes) is 4. The van der Waals surface area contributed by atoms with Crippen LogP contribution in [0.3, 0.4) is 0 Å². The molecule has 1 heterocycles. The lowest BCUT2D eigenvalue weighted by Crippen LogP contribution is -2.04. The molecule has 1 aliphatic heterocycles. The van der Waals surface area contributed by atoms with Gasteiger partial charge in [-0.2, -0.15) is 0 Å². The van der Waals surface area contributed by atoms with Crippen molar-refractivity contribution in [3.05, 3.63) is 72.4 Å². The van der Waals surface area contributed by atoms with Crippen molar-refractivity contribution < 1.29 is 19.0 Å². The summed E-state index contributed by atoms with van der Waals surface area (Å²) in [7, 11) is 0. The van der Waals surface area contributed by atoms with Crippen molar-refractivity contribution in [2.24, 2.45) is 0 Å². The predicted molar refractivity (Wildman–Crippen MR) is 131 cm³/mol. The number of hydrogen-bond acceptors (Lipinski definition) is 4. The maximum atomic E-state index is 11.9. The van der Waals surface area contributed by atoms with Gasteiger partial charge in [-0.1, -0.05) is 74.4 Å². The van der Waals surface area contributed by atoms with E-state index in [0.717, 1.165) is 43.4 Å². The molecule has 0 radical (unpaired) electrons. The second-order valence-electron chi connectivity index (χ2n) is 7.83. The van der Waals surface area contributed by atoms with Crippen molar-refractivity contribution in [2.45, 2.75) is 77.7 Å². The Kier molecular flexibility index (Phi) is 13.5. The first kappa shape index (κ1) is 25.5. The van der Waals surface area contributed by atoms with Crippen molar-refractivity contribution in [1.82, 2.24) is 0 Å². The van der Waals surface area contributed by atoms with Crippen LogP contribution in [0.1, 0.15) is 76.7 Å². The molecule has 0 amide bonds. The van der Waals surface area contributed by atoms with Gasteiger partial charge < -0.3 is 14.2 Å². The summed E-state index contributed by atoms with van der Waals surface area (Å²) in [5, 5.41) is 0. The molecule has 1 aromatic rings. The zero-order chi connectivity index (χ0) is 22.7. The van der Waals surface area contributed by atoms with Gasteiger partial charge in [-0.3, -0.25) is 4.79 Å². The first-order valence-corrected chi connectivity index (χ1v) is 11.9. The molecule has 2 rings (SSSR count). The van der Waals surface area contributed by atoms with Gasteiger partial charge in [0.1, 0.15) is 6.61 Å². The Labute approximate surface area is 193 Å². The summed E-state index contributed by atoms with van der Waals surface area (Å²) < 4.78 is 15.9. The molecule has 0 atom stereocenters. The summed E-state index contributed by atoms with van der Waals surface area (Å²) in [4.78, 5) is 11.9. The Balaban J connectivity index is 1.43. The maximum absolute atomic E-state index is 11.9. The molecule has 0 unspecified atom stereocenters. The Morgan fingerprint density at radius 3 is 2.16 bits per heavy atom. The molecule has 1 aliphatic rings. The topological polar surface area (TPSA) is 44.8 Å². The van der Waals surface area contributed by atoms with Gasteiger partial charge in [-0.25, -0.2) is 0 Å². The molecule has 0 saturated heterocycles. The van der Waals surface area contributed by atoms with Crippen LogP contribution in [-0.2, 0) is 16.1 Å². The summed E-state index contributed by atoms with van der Waals surface area (Å²) in [6, 6.07) is 5.59. The van der Waals surface area contributed by atoms with Crippen molar-refractivity contribution >= 4 is 5.97 Å². The molecule has 0 spiro atoms. The van der Waals surface area contributed by atoms with E-state index in [4.69, 9.17) is 14.2 Å². The largest absolute Gasteiger partial charge is 0.461 e. The number of carbonyl (C=O) groups excluding carboxylic acids is 1. The summed E-state index contributed by atoms with van der Waals surface area (Å²) >= 11 is 0. The van der Waals surface area contributed by atoms with Gasteiger partial charge in [-0.05, 0) is 62.6 Å². The number of allylic oxidation sites excluding steroid dienone is 8. The standard InChI is InChI=1S/C28H38O4/c1-2-3-4-5-6-7-8-9-10-11-12-13-14-15-16-17-18-19-28(29)30-23-25-20-21-26-27(22-25)32-24-31-26/h6-7,9-10,12-13,15-16,20-22H,2-5,8,11,14,17-19,23-24H2,1H3/b7-6-,10-9-,13-12-,16-15-. The molecule has 32 heavy (non-hydrogen) atoms. The van der Waals surface area contributed by atoms with E-state index in [9.17, 15) is 4.79 Å². The molecule has 0 N–H and O–H groups in total. The van der Waals surface area contributed by atoms with Gasteiger partial charge >= 0.3 is 5.97 Å². The minimum Gasteiger partial charge on any atom is -0.461 e. The zero-order valence-corrected chi connectivity index (χ0v) is 19.5. The Bertz CT molecular complexity index is 774. The van der Waals surface area contributed by atoms with Gasteiger partial charge in [0.05, 0.1) is 0 Å². The molecule has 0 fully saturated rings. The fraction of sp³-hybridized carbons (Fsp3) is 0.464. The number of fused-ring (bicyclic) bond motifs is 1. The van der Waals surface area contributed by atoms with Crippen molar-refractivity contribution in [3.8, 4) is 11.5 Å². The van der Waals surface area contributed by atoms with Gasteiger partial charge in [0.15, 0.2) is 11.5 Å². The average molecular weight is 439 g/mol. The highest BCUT2D eigenvalue weighted by Crippen LogP contribution is 2.32. The van der Waals surface area contributed by atoms with E-state index in [1.54, 1.807) is 0 Å². The number of rotatable bonds is 16. The Hall–Kier alpha value is -2.75. The molecule has 0 saturated carbocycles. The second kappa shape index (κ2) is 16.9. The second-order valence-corrected chi connectivity index (χ2v) is 7.83. The number of ether oxygens (including phenoxy) is 3. The monoisotopic (exact) mass is 438 g/mol. The third kappa shape index (κ3) is 11.6. The van der Waals surface area contributed by atoms with E-state index in [1.165, 1.54) is 25.7 Å². The summed E-state index contributed by atoms with van der Waals surface area (Å²) in [6.45, 7) is 2.75. The highest BCUT2D eigenvalue weighted by atomic mass is 16.7. The maximum Gasteiger partial charge on any atom is 0.306 e. The van der Waals surface area contributed by atoms with E-state index in [1.807, 2.05) is 18.2 Å². The van der Waals surface area contributed by atoms with E-state index >= 15 is 0 Å². The van der Waals surface area contributed by atoms with Crippen LogP contribution in [0.25, 0.3) is 0 Å². The molecule has 0 aliphatic carbocycles. The number of carbonyl (C=O) groups is 1. The summed E-state index contributed by atoms with van der Waals surface area (Å²) in [5.74, 6) is 1.27. The lowest BCUT2D eigenvalue weighted by Gasteiger charge is -2.05. The van der Waals surface area contributed by atoms with Gasteiger partial charge in [0.2, 0.25) is 6.79 Å². The van der Waals surface area contributed by atoms with Gasteiger partial charge in [0.25, 0.3) is 0 Å². The SMILES string of the molecule is CCCCC/C=C\C/C=C\C/C=C\C/C=C\CCCC(=O)OCc1ccc2c(c1)OCO2. The van der Waals surface area contributed by atoms with Crippen molar-refractivity contribution in [1.29, 1.82) is 0 Å². The van der Waals surface area contributed by atoms with Crippen LogP contribution in [0.2, 0.25) is 0 Å². The molecule has 174 valence electrons. The van der Waals surface area contributed by atoms with Gasteiger partial charge in [-0.15, -0.1) is 0 Å². The quantitative estimate of drug-likeness (QED) is 0.151. The minimum atomic E-state index is -0.168. The molecular formula is C28H38O4. The van der Waals surface area contributed by atoms with Gasteiger partial charge in [0, 0.05) is 6.42 Å². The zero-order valence-electron chi connectivity index (χ0n) is 19.5. The third-order valence-electron chi connectivity index (χ3n) is 5.05. The molecule has 1 aromatic carbocycles. The lowest BCUT2D eigenvalue weighted by molar-refractivity contribution is -0.145. The first-order chi connectivity index (χ1) is 15.8. The fourth-order valence-corrected chi connectivity index (χ4v) is 3.19. The molecule has 0 aromatic heterocycles. The Morgan fingerprint density at radius 2 is 1.47 bits per heavy atom. The van der Waals surface area contributed by atoms with Crippen LogP contribution < -0.4 is 9.47 Å². The van der Waals surface area contributed by atoms with Crippen LogP contribution >= 0.6 is 0 Å². The van der Waals surface area contributed by atoms with E-state index in [0.29, 0.717) is 12.2 Å². The van der Waals surface area contributed by atoms with Crippen LogP contribution in [0.4, 0.5) is 0 Å². The normalized spacial score (nSPS) is 13.3. The highest BCUT2D eigenvalue weighted by Gasteiger charge is 2.13.